The Morgan fingerprint density at radius 1 is 1.10 bits per heavy atom. The second kappa shape index (κ2) is 8.64. The highest BCUT2D eigenvalue weighted by atomic mass is 32.2. The average Bonchev–Trinajstić information content (AvgIpc) is 2.59. The maximum absolute atomic E-state index is 12.7. The minimum atomic E-state index is -3.99. The molecule has 10 heteroatoms. The Balaban J connectivity index is 2.89. The molecule has 158 valence electrons. The van der Waals surface area contributed by atoms with Gasteiger partial charge in [-0.1, -0.05) is 0 Å². The Morgan fingerprint density at radius 2 is 1.59 bits per heavy atom. The third-order valence-electron chi connectivity index (χ3n) is 4.36. The Hall–Kier alpha value is -2.88. The first-order valence-electron chi connectivity index (χ1n) is 8.99. The molecule has 1 aromatic heterocycles. The molecule has 1 aromatic rings. The van der Waals surface area contributed by atoms with Gasteiger partial charge in [0.15, 0.2) is 6.20 Å². The van der Waals surface area contributed by atoms with E-state index in [0.717, 1.165) is 12.5 Å². The summed E-state index contributed by atoms with van der Waals surface area (Å²) in [6, 6.07) is 2.76. The van der Waals surface area contributed by atoms with Gasteiger partial charge >= 0.3 is 17.0 Å². The van der Waals surface area contributed by atoms with Gasteiger partial charge in [-0.05, 0) is 33.8 Å². The maximum atomic E-state index is 12.7. The molecular weight excluding hydrogens is 400 g/mol. The number of rotatable bonds is 6. The minimum Gasteiger partial charge on any atom is -0.618 e. The Kier molecular flexibility index (Phi) is 6.68. The van der Waals surface area contributed by atoms with Gasteiger partial charge in [0.05, 0.1) is 35.8 Å². The highest BCUT2D eigenvalue weighted by Gasteiger charge is 2.42. The van der Waals surface area contributed by atoms with Crippen LogP contribution in [0, 0.1) is 5.21 Å². The van der Waals surface area contributed by atoms with Gasteiger partial charge in [-0.2, -0.15) is 4.73 Å². The second-order valence-electron chi connectivity index (χ2n) is 6.44. The lowest BCUT2D eigenvalue weighted by Gasteiger charge is -2.30. The van der Waals surface area contributed by atoms with Gasteiger partial charge in [-0.3, -0.25) is 0 Å². The first-order valence-corrected chi connectivity index (χ1v) is 10.9. The molecule has 0 saturated carbocycles. The largest absolute Gasteiger partial charge is 0.618 e. The third kappa shape index (κ3) is 4.42. The number of aromatic nitrogens is 1. The standard InChI is InChI=1S/C19H24N2O7S/c1-6-27-18(22)14-11(3)20-12(4)15(19(23)28-7-2)16(14)13-9-8-10-21(24)17(13)29(5,25)26/h8-10,16,20H,6-7H2,1-5H3. The number of nitrogens with zero attached hydrogens (tertiary/aromatic N) is 1. The molecule has 29 heavy (non-hydrogen) atoms. The highest BCUT2D eigenvalue weighted by Crippen LogP contribution is 2.40. The quantitative estimate of drug-likeness (QED) is 0.409. The Labute approximate surface area is 169 Å². The van der Waals surface area contributed by atoms with E-state index in [1.807, 2.05) is 0 Å². The fraction of sp³-hybridized carbons (Fsp3) is 0.421. The van der Waals surface area contributed by atoms with Crippen molar-refractivity contribution in [2.75, 3.05) is 19.5 Å². The fourth-order valence-electron chi connectivity index (χ4n) is 3.35. The van der Waals surface area contributed by atoms with Gasteiger partial charge in [0.1, 0.15) is 0 Å². The molecule has 0 fully saturated rings. The van der Waals surface area contributed by atoms with Gasteiger partial charge in [-0.25, -0.2) is 18.0 Å². The number of allylic oxidation sites excluding steroid dienone is 2. The summed E-state index contributed by atoms with van der Waals surface area (Å²) in [6.07, 6.45) is 1.94. The first kappa shape index (κ1) is 22.4. The molecule has 2 rings (SSSR count). The van der Waals surface area contributed by atoms with E-state index in [1.165, 1.54) is 12.1 Å². The van der Waals surface area contributed by atoms with Crippen molar-refractivity contribution in [3.63, 3.8) is 0 Å². The number of carbonyl (C=O) groups is 2. The SMILES string of the molecule is CCOC(=O)C1=C(C)NC(C)=C(C(=O)OCC)C1c1ccc[n+]([O-])c1S(C)(=O)=O. The molecular formula is C19H24N2O7S. The smallest absolute Gasteiger partial charge is 0.336 e. The Morgan fingerprint density at radius 3 is 2.00 bits per heavy atom. The van der Waals surface area contributed by atoms with Crippen molar-refractivity contribution in [1.82, 2.24) is 5.32 Å². The monoisotopic (exact) mass is 424 g/mol. The van der Waals surface area contributed by atoms with Crippen molar-refractivity contribution < 1.29 is 32.2 Å². The van der Waals surface area contributed by atoms with E-state index in [-0.39, 0.29) is 34.7 Å². The first-order chi connectivity index (χ1) is 13.5. The molecule has 0 amide bonds. The van der Waals surface area contributed by atoms with Gasteiger partial charge in [0.25, 0.3) is 0 Å². The number of hydrogen-bond acceptors (Lipinski definition) is 8. The lowest BCUT2D eigenvalue weighted by Crippen LogP contribution is -2.38. The van der Waals surface area contributed by atoms with Crippen LogP contribution in [0.2, 0.25) is 0 Å². The molecule has 0 atom stereocenters. The van der Waals surface area contributed by atoms with E-state index in [1.54, 1.807) is 27.7 Å². The molecule has 0 radical (unpaired) electrons. The average molecular weight is 424 g/mol. The van der Waals surface area contributed by atoms with Crippen LogP contribution in [0.25, 0.3) is 0 Å². The normalized spacial score (nSPS) is 15.2. The number of dihydropyridines is 1. The van der Waals surface area contributed by atoms with Crippen molar-refractivity contribution in [2.24, 2.45) is 0 Å². The Bertz CT molecular complexity index is 969. The van der Waals surface area contributed by atoms with E-state index < -0.39 is 32.7 Å². The number of hydrogen-bond donors (Lipinski definition) is 1. The molecule has 0 aliphatic carbocycles. The topological polar surface area (TPSA) is 126 Å². The van der Waals surface area contributed by atoms with Crippen molar-refractivity contribution in [1.29, 1.82) is 0 Å². The molecule has 0 saturated heterocycles. The maximum Gasteiger partial charge on any atom is 0.336 e. The van der Waals surface area contributed by atoms with E-state index in [9.17, 15) is 23.2 Å². The molecule has 1 aliphatic heterocycles. The van der Waals surface area contributed by atoms with Crippen LogP contribution < -0.4 is 10.0 Å². The fourth-order valence-corrected chi connectivity index (χ4v) is 4.35. The van der Waals surface area contributed by atoms with E-state index in [2.05, 4.69) is 5.32 Å². The summed E-state index contributed by atoms with van der Waals surface area (Å²) < 4.78 is 35.3. The summed E-state index contributed by atoms with van der Waals surface area (Å²) in [4.78, 5) is 25.5. The molecule has 0 spiro atoms. The van der Waals surface area contributed by atoms with Crippen LogP contribution in [0.15, 0.2) is 45.9 Å². The van der Waals surface area contributed by atoms with Crippen molar-refractivity contribution in [2.45, 2.75) is 38.6 Å². The predicted molar refractivity (Wildman–Crippen MR) is 103 cm³/mol. The van der Waals surface area contributed by atoms with Crippen LogP contribution in [0.3, 0.4) is 0 Å². The van der Waals surface area contributed by atoms with Crippen molar-refractivity contribution >= 4 is 21.8 Å². The lowest BCUT2D eigenvalue weighted by atomic mass is 9.81. The molecule has 2 heterocycles. The number of pyridine rings is 1. The molecule has 1 N–H and O–H groups in total. The lowest BCUT2D eigenvalue weighted by molar-refractivity contribution is -0.647. The van der Waals surface area contributed by atoms with E-state index in [0.29, 0.717) is 11.4 Å². The highest BCUT2D eigenvalue weighted by molar-refractivity contribution is 7.90. The predicted octanol–water partition coefficient (Wildman–Crippen LogP) is 1.08. The summed E-state index contributed by atoms with van der Waals surface area (Å²) in [5.74, 6) is -2.60. The van der Waals surface area contributed by atoms with Crippen LogP contribution in [0.4, 0.5) is 0 Å². The minimum absolute atomic E-state index is 0.00342. The van der Waals surface area contributed by atoms with E-state index in [4.69, 9.17) is 9.47 Å². The summed E-state index contributed by atoms with van der Waals surface area (Å²) in [7, 11) is -3.99. The number of ether oxygens (including phenoxy) is 2. The summed E-state index contributed by atoms with van der Waals surface area (Å²) >= 11 is 0. The number of esters is 2. The zero-order chi connectivity index (χ0) is 21.9. The molecule has 9 nitrogen and oxygen atoms in total. The summed E-state index contributed by atoms with van der Waals surface area (Å²) in [5.41, 5.74) is 0.851. The molecule has 0 unspecified atom stereocenters. The third-order valence-corrected chi connectivity index (χ3v) is 5.48. The zero-order valence-electron chi connectivity index (χ0n) is 16.9. The van der Waals surface area contributed by atoms with Gasteiger partial charge in [0, 0.05) is 23.7 Å². The summed E-state index contributed by atoms with van der Waals surface area (Å²) in [5, 5.41) is 14.8. The second-order valence-corrected chi connectivity index (χ2v) is 8.37. The molecule has 0 bridgehead atoms. The van der Waals surface area contributed by atoms with Crippen LogP contribution in [0.5, 0.6) is 0 Å². The zero-order valence-corrected chi connectivity index (χ0v) is 17.8. The van der Waals surface area contributed by atoms with E-state index >= 15 is 0 Å². The van der Waals surface area contributed by atoms with Crippen molar-refractivity contribution in [3.8, 4) is 0 Å². The van der Waals surface area contributed by atoms with Gasteiger partial charge < -0.3 is 20.0 Å². The van der Waals surface area contributed by atoms with Crippen LogP contribution in [-0.2, 0) is 28.9 Å². The van der Waals surface area contributed by atoms with Crippen LogP contribution in [0.1, 0.15) is 39.2 Å². The summed E-state index contributed by atoms with van der Waals surface area (Å²) in [6.45, 7) is 6.63. The molecule has 1 aliphatic rings. The number of nitrogens with one attached hydrogen (secondary N) is 1. The van der Waals surface area contributed by atoms with Gasteiger partial charge in [-0.15, -0.1) is 0 Å². The molecule has 0 aromatic carbocycles. The van der Waals surface area contributed by atoms with Gasteiger partial charge in [0.2, 0.25) is 9.84 Å². The van der Waals surface area contributed by atoms with Crippen LogP contribution >= 0.6 is 0 Å². The number of carbonyl (C=O) groups excluding carboxylic acids is 2. The number of sulfone groups is 1. The van der Waals surface area contributed by atoms with Crippen LogP contribution in [-0.4, -0.2) is 39.8 Å². The van der Waals surface area contributed by atoms with Crippen molar-refractivity contribution in [3.05, 3.63) is 51.6 Å².